The number of aliphatic hydroxyl groups is 1. The molecule has 0 fully saturated rings. The van der Waals surface area contributed by atoms with Gasteiger partial charge in [0.2, 0.25) is 0 Å². The summed E-state index contributed by atoms with van der Waals surface area (Å²) in [7, 11) is 0. The van der Waals surface area contributed by atoms with E-state index in [0.29, 0.717) is 17.4 Å². The minimum absolute atomic E-state index is 0.0153. The van der Waals surface area contributed by atoms with Crippen molar-refractivity contribution in [3.63, 3.8) is 0 Å². The van der Waals surface area contributed by atoms with Crippen molar-refractivity contribution in [1.82, 2.24) is 4.90 Å². The maximum atomic E-state index is 13.4. The van der Waals surface area contributed by atoms with Gasteiger partial charge in [0.05, 0.1) is 11.6 Å². The summed E-state index contributed by atoms with van der Waals surface area (Å²) in [6.07, 6.45) is 0. The van der Waals surface area contributed by atoms with Crippen molar-refractivity contribution in [1.29, 1.82) is 0 Å². The van der Waals surface area contributed by atoms with Gasteiger partial charge in [-0.2, -0.15) is 0 Å². The first-order chi connectivity index (χ1) is 9.47. The second-order valence-electron chi connectivity index (χ2n) is 4.46. The van der Waals surface area contributed by atoms with Crippen LogP contribution in [-0.4, -0.2) is 33.6 Å². The van der Waals surface area contributed by atoms with E-state index in [0.717, 1.165) is 0 Å². The normalized spacial score (nSPS) is 18.9. The van der Waals surface area contributed by atoms with Crippen molar-refractivity contribution in [3.05, 3.63) is 47.0 Å². The largest absolute Gasteiger partial charge is 0.503 e. The average Bonchev–Trinajstić information content (AvgIpc) is 2.64. The third-order valence-corrected chi connectivity index (χ3v) is 3.53. The topological polar surface area (TPSA) is 57.6 Å². The van der Waals surface area contributed by atoms with E-state index in [4.69, 9.17) is 0 Å². The first-order valence-corrected chi connectivity index (χ1v) is 7.16. The number of aliphatic hydroxyl groups excluding tert-OH is 1. The number of carbonyl (C=O) groups excluding carboxylic acids is 2. The van der Waals surface area contributed by atoms with Crippen LogP contribution in [0.3, 0.4) is 0 Å². The lowest BCUT2D eigenvalue weighted by atomic mass is 9.97. The average molecular weight is 342 g/mol. The van der Waals surface area contributed by atoms with Gasteiger partial charge in [0.1, 0.15) is 5.82 Å². The first kappa shape index (κ1) is 14.7. The van der Waals surface area contributed by atoms with E-state index in [1.54, 1.807) is 6.07 Å². The quantitative estimate of drug-likeness (QED) is 0.856. The summed E-state index contributed by atoms with van der Waals surface area (Å²) in [5.41, 5.74) is 0.482. The molecule has 0 aliphatic carbocycles. The van der Waals surface area contributed by atoms with Crippen LogP contribution in [-0.2, 0) is 9.59 Å². The highest BCUT2D eigenvalue weighted by Crippen LogP contribution is 2.37. The molecule has 1 aliphatic rings. The second kappa shape index (κ2) is 5.75. The molecule has 0 spiro atoms. The van der Waals surface area contributed by atoms with Crippen molar-refractivity contribution < 1.29 is 19.1 Å². The van der Waals surface area contributed by atoms with Crippen molar-refractivity contribution in [3.8, 4) is 0 Å². The fourth-order valence-corrected chi connectivity index (χ4v) is 2.74. The summed E-state index contributed by atoms with van der Waals surface area (Å²) in [4.78, 5) is 25.1. The molecule has 1 N–H and O–H groups in total. The Balaban J connectivity index is 2.54. The number of ketones is 1. The van der Waals surface area contributed by atoms with E-state index in [-0.39, 0.29) is 5.57 Å². The van der Waals surface area contributed by atoms with Gasteiger partial charge in [-0.15, -0.1) is 0 Å². The molecule has 0 saturated heterocycles. The predicted octanol–water partition coefficient (Wildman–Crippen LogP) is 2.51. The molecule has 0 saturated carbocycles. The van der Waals surface area contributed by atoms with E-state index < -0.39 is 29.3 Å². The van der Waals surface area contributed by atoms with Gasteiger partial charge in [-0.25, -0.2) is 4.39 Å². The van der Waals surface area contributed by atoms with E-state index in [9.17, 15) is 19.1 Å². The van der Waals surface area contributed by atoms with Crippen molar-refractivity contribution in [2.24, 2.45) is 0 Å². The minimum Gasteiger partial charge on any atom is -0.503 e. The number of benzene rings is 1. The van der Waals surface area contributed by atoms with Gasteiger partial charge in [-0.05, 0) is 24.6 Å². The lowest BCUT2D eigenvalue weighted by Crippen LogP contribution is -2.32. The Hall–Kier alpha value is -1.69. The Kier molecular flexibility index (Phi) is 4.23. The number of rotatable bonds is 4. The smallest absolute Gasteiger partial charge is 0.290 e. The van der Waals surface area contributed by atoms with Gasteiger partial charge in [-0.3, -0.25) is 9.59 Å². The van der Waals surface area contributed by atoms with Gasteiger partial charge >= 0.3 is 0 Å². The van der Waals surface area contributed by atoms with Crippen molar-refractivity contribution in [2.75, 3.05) is 11.9 Å². The van der Waals surface area contributed by atoms with Gasteiger partial charge in [0, 0.05) is 11.9 Å². The molecule has 2 rings (SSSR count). The van der Waals surface area contributed by atoms with Crippen molar-refractivity contribution >= 4 is 27.6 Å². The van der Waals surface area contributed by atoms with Crippen LogP contribution in [0.15, 0.2) is 35.6 Å². The van der Waals surface area contributed by atoms with E-state index in [2.05, 4.69) is 15.9 Å². The summed E-state index contributed by atoms with van der Waals surface area (Å²) in [6.45, 7) is 1.59. The molecule has 0 radical (unpaired) electrons. The Bertz CT molecular complexity index is 600. The zero-order valence-electron chi connectivity index (χ0n) is 10.8. The van der Waals surface area contributed by atoms with Gasteiger partial charge in [-0.1, -0.05) is 28.1 Å². The lowest BCUT2D eigenvalue weighted by molar-refractivity contribution is -0.129. The summed E-state index contributed by atoms with van der Waals surface area (Å²) in [5.74, 6) is -2.01. The Morgan fingerprint density at radius 3 is 2.75 bits per heavy atom. The molecule has 0 unspecified atom stereocenters. The summed E-state index contributed by atoms with van der Waals surface area (Å²) in [5, 5.41) is 10.4. The number of hydrogen-bond donors (Lipinski definition) is 1. The summed E-state index contributed by atoms with van der Waals surface area (Å²) < 4.78 is 13.4. The molecule has 1 aliphatic heterocycles. The molecule has 4 nitrogen and oxygen atoms in total. The molecule has 1 amide bonds. The van der Waals surface area contributed by atoms with Crippen LogP contribution in [0.25, 0.3) is 0 Å². The zero-order chi connectivity index (χ0) is 14.9. The standard InChI is InChI=1S/C14H13BrFNO3/c1-8(18)11-12(9-3-2-4-10(16)7-9)17(6-5-15)14(20)13(11)19/h2-4,7,12,19H,5-6H2,1H3/t12-/m1/s1. The molecule has 106 valence electrons. The number of alkyl halides is 1. The molecule has 0 bridgehead atoms. The van der Waals surface area contributed by atoms with Crippen LogP contribution in [0, 0.1) is 5.82 Å². The molecule has 0 aromatic heterocycles. The minimum atomic E-state index is -0.742. The van der Waals surface area contributed by atoms with Crippen LogP contribution in [0.5, 0.6) is 0 Å². The molecule has 20 heavy (non-hydrogen) atoms. The monoisotopic (exact) mass is 341 g/mol. The Morgan fingerprint density at radius 1 is 1.50 bits per heavy atom. The highest BCUT2D eigenvalue weighted by Gasteiger charge is 2.41. The summed E-state index contributed by atoms with van der Waals surface area (Å²) in [6, 6.07) is 4.94. The van der Waals surface area contributed by atoms with E-state index >= 15 is 0 Å². The van der Waals surface area contributed by atoms with Gasteiger partial charge in [0.25, 0.3) is 5.91 Å². The molecule has 1 atom stereocenters. The SMILES string of the molecule is CC(=O)C1=C(O)C(=O)N(CCBr)[C@@H]1c1cccc(F)c1. The molecule has 1 aromatic rings. The van der Waals surface area contributed by atoms with Gasteiger partial charge < -0.3 is 10.0 Å². The zero-order valence-corrected chi connectivity index (χ0v) is 12.4. The van der Waals surface area contributed by atoms with Crippen LogP contribution in [0.4, 0.5) is 4.39 Å². The van der Waals surface area contributed by atoms with Crippen LogP contribution in [0.2, 0.25) is 0 Å². The Morgan fingerprint density at radius 2 is 2.20 bits per heavy atom. The maximum Gasteiger partial charge on any atom is 0.290 e. The molecular weight excluding hydrogens is 329 g/mol. The highest BCUT2D eigenvalue weighted by molar-refractivity contribution is 9.09. The first-order valence-electron chi connectivity index (χ1n) is 6.03. The number of hydrogen-bond acceptors (Lipinski definition) is 3. The number of halogens is 2. The molecular formula is C14H13BrFNO3. The number of nitrogens with zero attached hydrogens (tertiary/aromatic N) is 1. The third kappa shape index (κ3) is 2.47. The number of Topliss-reactive ketones (excluding diaryl/α,β-unsaturated/α-hetero) is 1. The maximum absolute atomic E-state index is 13.4. The van der Waals surface area contributed by atoms with Crippen LogP contribution in [0.1, 0.15) is 18.5 Å². The van der Waals surface area contributed by atoms with Gasteiger partial charge in [0.15, 0.2) is 11.5 Å². The highest BCUT2D eigenvalue weighted by atomic mass is 79.9. The van der Waals surface area contributed by atoms with Crippen LogP contribution < -0.4 is 0 Å². The second-order valence-corrected chi connectivity index (χ2v) is 5.26. The fraction of sp³-hybridized carbons (Fsp3) is 0.286. The summed E-state index contributed by atoms with van der Waals surface area (Å²) >= 11 is 3.23. The van der Waals surface area contributed by atoms with E-state index in [1.165, 1.54) is 30.0 Å². The molecule has 6 heteroatoms. The number of carbonyl (C=O) groups is 2. The molecule has 1 heterocycles. The van der Waals surface area contributed by atoms with Crippen molar-refractivity contribution in [2.45, 2.75) is 13.0 Å². The lowest BCUT2D eigenvalue weighted by Gasteiger charge is -2.25. The van der Waals surface area contributed by atoms with E-state index in [1.807, 2.05) is 0 Å². The fourth-order valence-electron chi connectivity index (χ4n) is 2.36. The Labute approximate surface area is 124 Å². The predicted molar refractivity (Wildman–Crippen MR) is 75.0 cm³/mol. The van der Waals surface area contributed by atoms with Crippen LogP contribution >= 0.6 is 15.9 Å². The number of amides is 1. The third-order valence-electron chi connectivity index (χ3n) is 3.17. The molecule has 1 aromatic carbocycles.